The summed E-state index contributed by atoms with van der Waals surface area (Å²) in [6.45, 7) is 6.46. The molecule has 0 amide bonds. The van der Waals surface area contributed by atoms with Crippen LogP contribution in [0.25, 0.3) is 0 Å². The molecule has 4 heteroatoms. The number of alkyl halides is 3. The topological polar surface area (TPSA) is 12.0 Å². The highest BCUT2D eigenvalue weighted by molar-refractivity contribution is 6.68. The van der Waals surface area contributed by atoms with E-state index >= 15 is 0 Å². The van der Waals surface area contributed by atoms with Gasteiger partial charge in [-0.2, -0.15) is 0 Å². The summed E-state index contributed by atoms with van der Waals surface area (Å²) >= 11 is 17.0. The maximum Gasteiger partial charge on any atom is 0.207 e. The first-order valence-electron chi connectivity index (χ1n) is 3.13. The maximum atomic E-state index is 5.67. The highest BCUT2D eigenvalue weighted by Gasteiger charge is 2.39. The van der Waals surface area contributed by atoms with Crippen molar-refractivity contribution in [2.75, 3.05) is 6.54 Å². The fourth-order valence-corrected chi connectivity index (χ4v) is 0.743. The second-order valence-electron chi connectivity index (χ2n) is 2.65. The second kappa shape index (κ2) is 3.48. The standard InChI is InChI=1S/C6H12Cl3N/c1-4-10-5(2,3)6(7,8)9/h10H,4H2,1-3H3. The third-order valence-electron chi connectivity index (χ3n) is 1.33. The van der Waals surface area contributed by atoms with Crippen LogP contribution in [0.1, 0.15) is 20.8 Å². The van der Waals surface area contributed by atoms with Gasteiger partial charge >= 0.3 is 0 Å². The van der Waals surface area contributed by atoms with Gasteiger partial charge in [0.1, 0.15) is 0 Å². The molecule has 62 valence electrons. The van der Waals surface area contributed by atoms with Gasteiger partial charge in [0.05, 0.1) is 5.54 Å². The molecule has 0 spiro atoms. The highest BCUT2D eigenvalue weighted by Crippen LogP contribution is 2.37. The molecule has 0 bridgehead atoms. The first kappa shape index (κ1) is 10.8. The van der Waals surface area contributed by atoms with Crippen molar-refractivity contribution in [2.24, 2.45) is 0 Å². The first-order valence-corrected chi connectivity index (χ1v) is 4.26. The van der Waals surface area contributed by atoms with Crippen LogP contribution in [0.2, 0.25) is 0 Å². The van der Waals surface area contributed by atoms with Crippen molar-refractivity contribution >= 4 is 34.8 Å². The van der Waals surface area contributed by atoms with Gasteiger partial charge in [0, 0.05) is 0 Å². The predicted molar refractivity (Wildman–Crippen MR) is 48.0 cm³/mol. The number of hydrogen-bond acceptors (Lipinski definition) is 1. The normalized spacial score (nSPS) is 13.8. The van der Waals surface area contributed by atoms with Crippen molar-refractivity contribution in [1.82, 2.24) is 5.32 Å². The zero-order chi connectivity index (χ0) is 8.41. The van der Waals surface area contributed by atoms with E-state index in [4.69, 9.17) is 34.8 Å². The van der Waals surface area contributed by atoms with E-state index in [1.54, 1.807) is 0 Å². The third-order valence-corrected chi connectivity index (χ3v) is 2.74. The molecule has 0 heterocycles. The number of nitrogens with one attached hydrogen (secondary N) is 1. The van der Waals surface area contributed by atoms with E-state index in [0.717, 1.165) is 6.54 Å². The fraction of sp³-hybridized carbons (Fsp3) is 1.00. The van der Waals surface area contributed by atoms with Gasteiger partial charge in [-0.1, -0.05) is 41.7 Å². The fourth-order valence-electron chi connectivity index (χ4n) is 0.542. The molecular weight excluding hydrogens is 192 g/mol. The van der Waals surface area contributed by atoms with Gasteiger partial charge < -0.3 is 5.32 Å². The number of rotatable bonds is 2. The van der Waals surface area contributed by atoms with E-state index in [2.05, 4.69) is 5.32 Å². The summed E-state index contributed by atoms with van der Waals surface area (Å²) < 4.78 is -1.25. The van der Waals surface area contributed by atoms with Crippen LogP contribution in [-0.4, -0.2) is 15.9 Å². The van der Waals surface area contributed by atoms with Gasteiger partial charge in [0.2, 0.25) is 3.79 Å². The van der Waals surface area contributed by atoms with E-state index in [-0.39, 0.29) is 0 Å². The van der Waals surface area contributed by atoms with Gasteiger partial charge in [-0.05, 0) is 20.4 Å². The number of hydrogen-bond donors (Lipinski definition) is 1. The smallest absolute Gasteiger partial charge is 0.207 e. The molecule has 0 aromatic carbocycles. The van der Waals surface area contributed by atoms with Gasteiger partial charge in [-0.3, -0.25) is 0 Å². The zero-order valence-corrected chi connectivity index (χ0v) is 8.61. The Kier molecular flexibility index (Phi) is 3.77. The van der Waals surface area contributed by atoms with Crippen LogP contribution in [0.5, 0.6) is 0 Å². The minimum Gasteiger partial charge on any atom is -0.308 e. The zero-order valence-electron chi connectivity index (χ0n) is 6.34. The predicted octanol–water partition coefficient (Wildman–Crippen LogP) is 2.74. The molecule has 0 aliphatic heterocycles. The summed E-state index contributed by atoms with van der Waals surface area (Å²) in [6, 6.07) is 0. The Labute approximate surface area is 77.0 Å². The van der Waals surface area contributed by atoms with E-state index < -0.39 is 9.33 Å². The van der Waals surface area contributed by atoms with Gasteiger partial charge in [0.25, 0.3) is 0 Å². The Bertz CT molecular complexity index is 106. The van der Waals surface area contributed by atoms with Crippen LogP contribution in [0, 0.1) is 0 Å². The van der Waals surface area contributed by atoms with Gasteiger partial charge in [-0.15, -0.1) is 0 Å². The molecule has 1 nitrogen and oxygen atoms in total. The maximum absolute atomic E-state index is 5.67. The molecule has 0 saturated heterocycles. The van der Waals surface area contributed by atoms with E-state index in [1.807, 2.05) is 20.8 Å². The Hall–Kier alpha value is 0.830. The van der Waals surface area contributed by atoms with Crippen molar-refractivity contribution in [3.8, 4) is 0 Å². The Morgan fingerprint density at radius 2 is 1.60 bits per heavy atom. The summed E-state index contributed by atoms with van der Waals surface area (Å²) in [6.07, 6.45) is 0. The molecule has 0 aliphatic rings. The Balaban J connectivity index is 4.10. The highest BCUT2D eigenvalue weighted by atomic mass is 35.6. The van der Waals surface area contributed by atoms with Crippen LogP contribution in [-0.2, 0) is 0 Å². The largest absolute Gasteiger partial charge is 0.308 e. The van der Waals surface area contributed by atoms with Crippen LogP contribution < -0.4 is 5.32 Å². The molecule has 0 rings (SSSR count). The van der Waals surface area contributed by atoms with E-state index in [9.17, 15) is 0 Å². The average molecular weight is 205 g/mol. The second-order valence-corrected chi connectivity index (χ2v) is 4.93. The Morgan fingerprint density at radius 3 is 1.70 bits per heavy atom. The summed E-state index contributed by atoms with van der Waals surface area (Å²) in [4.78, 5) is 0. The van der Waals surface area contributed by atoms with Crippen LogP contribution in [0.3, 0.4) is 0 Å². The number of halogens is 3. The average Bonchev–Trinajstić information content (AvgIpc) is 1.61. The molecule has 0 saturated carbocycles. The molecule has 1 N–H and O–H groups in total. The van der Waals surface area contributed by atoms with Crippen molar-refractivity contribution in [1.29, 1.82) is 0 Å². The van der Waals surface area contributed by atoms with Crippen molar-refractivity contribution < 1.29 is 0 Å². The van der Waals surface area contributed by atoms with Crippen LogP contribution in [0.4, 0.5) is 0 Å². The van der Waals surface area contributed by atoms with Gasteiger partial charge in [0.15, 0.2) is 0 Å². The Morgan fingerprint density at radius 1 is 1.20 bits per heavy atom. The van der Waals surface area contributed by atoms with Crippen LogP contribution in [0.15, 0.2) is 0 Å². The molecule has 0 atom stereocenters. The minimum atomic E-state index is -1.25. The monoisotopic (exact) mass is 203 g/mol. The first-order chi connectivity index (χ1) is 4.31. The molecule has 0 fully saturated rings. The third kappa shape index (κ3) is 2.83. The van der Waals surface area contributed by atoms with E-state index in [0.29, 0.717) is 0 Å². The van der Waals surface area contributed by atoms with Crippen molar-refractivity contribution in [2.45, 2.75) is 30.1 Å². The summed E-state index contributed by atoms with van der Waals surface area (Å²) in [5.41, 5.74) is -0.466. The lowest BCUT2D eigenvalue weighted by molar-refractivity contribution is 0.406. The van der Waals surface area contributed by atoms with Crippen molar-refractivity contribution in [3.63, 3.8) is 0 Å². The molecular formula is C6H12Cl3N. The van der Waals surface area contributed by atoms with Crippen molar-refractivity contribution in [3.05, 3.63) is 0 Å². The lowest BCUT2D eigenvalue weighted by atomic mass is 10.1. The molecule has 0 aromatic heterocycles. The molecule has 0 unspecified atom stereocenters. The quantitative estimate of drug-likeness (QED) is 0.682. The van der Waals surface area contributed by atoms with Gasteiger partial charge in [-0.25, -0.2) is 0 Å². The minimum absolute atomic E-state index is 0.466. The summed E-state index contributed by atoms with van der Waals surface area (Å²) in [7, 11) is 0. The van der Waals surface area contributed by atoms with E-state index in [1.165, 1.54) is 0 Å². The summed E-state index contributed by atoms with van der Waals surface area (Å²) in [5.74, 6) is 0. The molecule has 0 radical (unpaired) electrons. The lowest BCUT2D eigenvalue weighted by Crippen LogP contribution is -2.49. The lowest BCUT2D eigenvalue weighted by Gasteiger charge is -2.32. The SMILES string of the molecule is CCNC(C)(C)C(Cl)(Cl)Cl. The van der Waals surface area contributed by atoms with Crippen LogP contribution >= 0.6 is 34.8 Å². The molecule has 10 heavy (non-hydrogen) atoms. The summed E-state index contributed by atoms with van der Waals surface area (Å²) in [5, 5.41) is 3.07. The molecule has 0 aliphatic carbocycles. The molecule has 0 aromatic rings.